The first-order valence-corrected chi connectivity index (χ1v) is 11.5. The van der Waals surface area contributed by atoms with Crippen LogP contribution in [0, 0.1) is 0 Å². The molecule has 0 spiro atoms. The van der Waals surface area contributed by atoms with E-state index in [-0.39, 0.29) is 0 Å². The summed E-state index contributed by atoms with van der Waals surface area (Å²) < 4.78 is 0. The summed E-state index contributed by atoms with van der Waals surface area (Å²) in [5, 5.41) is 0. The average Bonchev–Trinajstić information content (AvgIpc) is 2.71. The third-order valence-electron chi connectivity index (χ3n) is 4.68. The van der Waals surface area contributed by atoms with Crippen molar-refractivity contribution in [2.24, 2.45) is 0 Å². The molecule has 1 aliphatic carbocycles. The highest BCUT2D eigenvalue weighted by molar-refractivity contribution is 8.85. The highest BCUT2D eigenvalue weighted by Gasteiger charge is 2.26. The fourth-order valence-corrected chi connectivity index (χ4v) is 7.91. The maximum Gasteiger partial charge on any atom is 0.0256 e. The largest absolute Gasteiger partial charge is 0.146 e. The quantitative estimate of drug-likeness (QED) is 0.253. The van der Waals surface area contributed by atoms with Gasteiger partial charge in [0.1, 0.15) is 0 Å². The SMILES string of the molecule is c1ccc([SH](Sc2cccc3c2-c2ccccc2-3)c2ccccc2)cc1. The number of benzene rings is 4. The van der Waals surface area contributed by atoms with Gasteiger partial charge >= 0.3 is 0 Å². The van der Waals surface area contributed by atoms with E-state index in [1.165, 1.54) is 36.9 Å². The van der Waals surface area contributed by atoms with Crippen molar-refractivity contribution in [2.75, 3.05) is 0 Å². The van der Waals surface area contributed by atoms with Crippen LogP contribution >= 0.6 is 20.7 Å². The van der Waals surface area contributed by atoms with Crippen LogP contribution < -0.4 is 0 Å². The normalized spacial score (nSPS) is 11.9. The monoisotopic (exact) mass is 370 g/mol. The second-order valence-corrected chi connectivity index (χ2v) is 10.2. The van der Waals surface area contributed by atoms with Crippen LogP contribution in [0.1, 0.15) is 0 Å². The van der Waals surface area contributed by atoms with Gasteiger partial charge < -0.3 is 0 Å². The van der Waals surface area contributed by atoms with Gasteiger partial charge in [0, 0.05) is 20.2 Å². The van der Waals surface area contributed by atoms with Crippen molar-refractivity contribution < 1.29 is 0 Å². The molecule has 0 aliphatic heterocycles. The molecule has 0 saturated heterocycles. The van der Waals surface area contributed by atoms with E-state index in [1.54, 1.807) is 0 Å². The molecule has 0 atom stereocenters. The molecule has 0 unspecified atom stereocenters. The van der Waals surface area contributed by atoms with Gasteiger partial charge in [0.15, 0.2) is 0 Å². The fourth-order valence-electron chi connectivity index (χ4n) is 3.46. The van der Waals surface area contributed by atoms with Crippen LogP contribution in [0.5, 0.6) is 0 Å². The van der Waals surface area contributed by atoms with Gasteiger partial charge in [0.2, 0.25) is 0 Å². The van der Waals surface area contributed by atoms with Crippen molar-refractivity contribution >= 4 is 20.7 Å². The molecule has 4 aromatic rings. The molecule has 26 heavy (non-hydrogen) atoms. The van der Waals surface area contributed by atoms with Crippen molar-refractivity contribution in [2.45, 2.75) is 14.7 Å². The Labute approximate surface area is 160 Å². The Hall–Kier alpha value is -2.42. The summed E-state index contributed by atoms with van der Waals surface area (Å²) >= 11 is 0. The van der Waals surface area contributed by atoms with Crippen molar-refractivity contribution in [1.82, 2.24) is 0 Å². The van der Waals surface area contributed by atoms with Gasteiger partial charge in [-0.05, 0) is 47.0 Å². The second-order valence-electron chi connectivity index (χ2n) is 6.28. The van der Waals surface area contributed by atoms with Gasteiger partial charge in [0.25, 0.3) is 0 Å². The number of rotatable bonds is 4. The fraction of sp³-hybridized carbons (Fsp3) is 0. The lowest BCUT2D eigenvalue weighted by Gasteiger charge is -2.29. The Morgan fingerprint density at radius 1 is 0.462 bits per heavy atom. The van der Waals surface area contributed by atoms with Gasteiger partial charge in [-0.1, -0.05) is 83.6 Å². The van der Waals surface area contributed by atoms with E-state index < -0.39 is 9.93 Å². The highest BCUT2D eigenvalue weighted by atomic mass is 33.1. The Bertz CT molecular complexity index is 1020. The van der Waals surface area contributed by atoms with Crippen molar-refractivity contribution in [3.05, 3.63) is 103 Å². The molecule has 0 saturated carbocycles. The lowest BCUT2D eigenvalue weighted by molar-refractivity contribution is 1.39. The summed E-state index contributed by atoms with van der Waals surface area (Å²) in [6.07, 6.45) is 0. The summed E-state index contributed by atoms with van der Waals surface area (Å²) in [5.74, 6) is 0. The molecule has 126 valence electrons. The lowest BCUT2D eigenvalue weighted by atomic mass is 9.81. The first-order chi connectivity index (χ1) is 12.9. The third-order valence-corrected chi connectivity index (χ3v) is 9.34. The number of hydrogen-bond acceptors (Lipinski definition) is 1. The van der Waals surface area contributed by atoms with Crippen LogP contribution in [-0.4, -0.2) is 0 Å². The van der Waals surface area contributed by atoms with Crippen LogP contribution in [0.4, 0.5) is 0 Å². The van der Waals surface area contributed by atoms with E-state index in [2.05, 4.69) is 103 Å². The second kappa shape index (κ2) is 6.71. The minimum atomic E-state index is -0.494. The van der Waals surface area contributed by atoms with Crippen molar-refractivity contribution in [3.63, 3.8) is 0 Å². The molecule has 0 N–H and O–H groups in total. The lowest BCUT2D eigenvalue weighted by Crippen LogP contribution is -1.99. The minimum Gasteiger partial charge on any atom is -0.146 e. The molecule has 0 amide bonds. The molecule has 4 aromatic carbocycles. The Kier molecular flexibility index (Phi) is 4.08. The topological polar surface area (TPSA) is 0 Å². The zero-order valence-corrected chi connectivity index (χ0v) is 15.9. The zero-order chi connectivity index (χ0) is 17.3. The van der Waals surface area contributed by atoms with E-state index >= 15 is 0 Å². The predicted octanol–water partition coefficient (Wildman–Crippen LogP) is 7.46. The summed E-state index contributed by atoms with van der Waals surface area (Å²) in [6, 6.07) is 37.3. The van der Waals surface area contributed by atoms with Gasteiger partial charge in [0.05, 0.1) is 0 Å². The maximum atomic E-state index is 2.28. The number of thiol groups is 1. The van der Waals surface area contributed by atoms with Gasteiger partial charge in [-0.3, -0.25) is 0 Å². The first-order valence-electron chi connectivity index (χ1n) is 8.73. The zero-order valence-electron chi connectivity index (χ0n) is 14.2. The third kappa shape index (κ3) is 2.66. The molecule has 0 heterocycles. The summed E-state index contributed by atoms with van der Waals surface area (Å²) in [4.78, 5) is 4.20. The van der Waals surface area contributed by atoms with Gasteiger partial charge in [-0.2, -0.15) is 0 Å². The molecular formula is C24H18S2. The van der Waals surface area contributed by atoms with Crippen LogP contribution in [-0.2, 0) is 0 Å². The standard InChI is InChI=1S/C24H18S2/c1-3-10-18(11-4-1)26(19-12-5-2-6-13-19)25-23-17-9-16-22-20-14-7-8-15-21(20)24(22)23/h1-17,26H. The van der Waals surface area contributed by atoms with Gasteiger partial charge in [-0.25, -0.2) is 0 Å². The van der Waals surface area contributed by atoms with Crippen molar-refractivity contribution in [1.29, 1.82) is 0 Å². The molecule has 0 aromatic heterocycles. The first kappa shape index (κ1) is 15.8. The molecule has 2 heteroatoms. The van der Waals surface area contributed by atoms with Crippen LogP contribution in [0.25, 0.3) is 22.3 Å². The van der Waals surface area contributed by atoms with E-state index in [1.807, 2.05) is 10.8 Å². The number of fused-ring (bicyclic) bond motifs is 4. The van der Waals surface area contributed by atoms with E-state index in [9.17, 15) is 0 Å². The minimum absolute atomic E-state index is 0.494. The van der Waals surface area contributed by atoms with E-state index in [0.29, 0.717) is 0 Å². The van der Waals surface area contributed by atoms with Gasteiger partial charge in [-0.15, -0.1) is 9.93 Å². The predicted molar refractivity (Wildman–Crippen MR) is 115 cm³/mol. The summed E-state index contributed by atoms with van der Waals surface area (Å²) in [5.41, 5.74) is 5.59. The molecular weight excluding hydrogens is 352 g/mol. The molecule has 5 rings (SSSR count). The number of hydrogen-bond donors (Lipinski definition) is 1. The van der Waals surface area contributed by atoms with E-state index in [4.69, 9.17) is 0 Å². The maximum absolute atomic E-state index is 2.28. The summed E-state index contributed by atoms with van der Waals surface area (Å²) in [6.45, 7) is 0. The molecule has 0 bridgehead atoms. The van der Waals surface area contributed by atoms with Crippen LogP contribution in [0.15, 0.2) is 118 Å². The summed E-state index contributed by atoms with van der Waals surface area (Å²) in [7, 11) is 1.52. The molecule has 0 fully saturated rings. The van der Waals surface area contributed by atoms with Crippen LogP contribution in [0.2, 0.25) is 0 Å². The average molecular weight is 371 g/mol. The molecule has 0 nitrogen and oxygen atoms in total. The Balaban J connectivity index is 1.58. The Morgan fingerprint density at radius 2 is 1.00 bits per heavy atom. The molecule has 0 radical (unpaired) electrons. The Morgan fingerprint density at radius 3 is 1.65 bits per heavy atom. The van der Waals surface area contributed by atoms with E-state index in [0.717, 1.165) is 0 Å². The van der Waals surface area contributed by atoms with Crippen LogP contribution in [0.3, 0.4) is 0 Å². The van der Waals surface area contributed by atoms with Crippen molar-refractivity contribution in [3.8, 4) is 22.3 Å². The molecule has 1 aliphatic rings. The highest BCUT2D eigenvalue weighted by Crippen LogP contribution is 2.61. The smallest absolute Gasteiger partial charge is 0.0256 e.